The Morgan fingerprint density at radius 2 is 1.31 bits per heavy atom. The number of H-pyrrole nitrogens is 2. The molecule has 5 atom stereocenters. The number of amides is 4. The Morgan fingerprint density at radius 3 is 1.90 bits per heavy atom. The summed E-state index contributed by atoms with van der Waals surface area (Å²) in [5.74, 6) is 0.629. The summed E-state index contributed by atoms with van der Waals surface area (Å²) < 4.78 is 22.7. The maximum atomic E-state index is 14.5. The molecule has 4 heterocycles. The Labute approximate surface area is 415 Å². The molecule has 4 aromatic rings. The van der Waals surface area contributed by atoms with Crippen molar-refractivity contribution < 1.29 is 37.8 Å². The van der Waals surface area contributed by atoms with Crippen LogP contribution in [0.4, 0.5) is 9.59 Å². The zero-order valence-corrected chi connectivity index (χ0v) is 43.4. The van der Waals surface area contributed by atoms with Gasteiger partial charge in [-0.3, -0.25) is 9.59 Å². The van der Waals surface area contributed by atoms with Crippen LogP contribution in [0.1, 0.15) is 135 Å². The van der Waals surface area contributed by atoms with E-state index < -0.39 is 38.6 Å². The van der Waals surface area contributed by atoms with E-state index in [9.17, 15) is 19.2 Å². The van der Waals surface area contributed by atoms with Crippen molar-refractivity contribution in [2.75, 3.05) is 40.6 Å². The topological polar surface area (TPSA) is 202 Å². The first-order chi connectivity index (χ1) is 34.0. The van der Waals surface area contributed by atoms with E-state index in [-0.39, 0.29) is 23.8 Å². The number of rotatable bonds is 21. The van der Waals surface area contributed by atoms with Crippen molar-refractivity contribution in [3.8, 4) is 33.6 Å². The molecule has 0 bridgehead atoms. The second-order valence-corrected chi connectivity index (χ2v) is 23.3. The number of hydrogen-bond acceptors (Lipinski definition) is 10. The number of nitrogens with zero attached hydrogens (tertiary/aromatic N) is 3. The normalized spacial score (nSPS) is 19.0. The molecule has 2 saturated heterocycles. The standard InChI is InChI=1S/C53H78N8O8Si/c1-7-10-31-70(32-11-8-2,33-12-9-3)69-36-37(4)47(60-53(65)67-6)51(63)61-28-16-18-46(61)49-55-35-45(57-49)41-25-21-39(22-26-41)38-19-23-40(24-20-38)44-34-54-48(56-44)42-27-30-68-29-15-13-14-17-43(50(62)58-42)59-52(64)66-5/h19-26,34-35,37,42-43,46-47H,7-18,27-33,36H2,1-6H3,(H,54,56)(H,55,57)(H,58,62)(H,59,64)(H,60,65)/t37-,42+,43+,46+,47+/m1/s1. The molecule has 16 nitrogen and oxygen atoms in total. The molecule has 2 fully saturated rings. The average Bonchev–Trinajstić information content (AvgIpc) is 4.19. The van der Waals surface area contributed by atoms with E-state index in [1.165, 1.54) is 14.2 Å². The summed E-state index contributed by atoms with van der Waals surface area (Å²) in [6.45, 7) is 10.8. The highest BCUT2D eigenvalue weighted by Crippen LogP contribution is 2.35. The van der Waals surface area contributed by atoms with E-state index >= 15 is 0 Å². The van der Waals surface area contributed by atoms with Crippen molar-refractivity contribution in [3.63, 3.8) is 0 Å². The van der Waals surface area contributed by atoms with Gasteiger partial charge in [0.1, 0.15) is 23.7 Å². The summed E-state index contributed by atoms with van der Waals surface area (Å²) >= 11 is 0. The molecule has 17 heteroatoms. The largest absolute Gasteiger partial charge is 0.453 e. The van der Waals surface area contributed by atoms with E-state index in [1.807, 2.05) is 30.2 Å². The molecule has 0 saturated carbocycles. The molecule has 4 amide bonds. The van der Waals surface area contributed by atoms with Crippen LogP contribution < -0.4 is 16.0 Å². The number of ether oxygens (including phenoxy) is 3. The van der Waals surface area contributed by atoms with Crippen LogP contribution >= 0.6 is 0 Å². The molecule has 6 rings (SSSR count). The van der Waals surface area contributed by atoms with Crippen LogP contribution in [0.15, 0.2) is 60.9 Å². The smallest absolute Gasteiger partial charge is 0.407 e. The number of imidazole rings is 2. The molecule has 2 aromatic carbocycles. The number of aromatic amines is 2. The minimum atomic E-state index is -2.04. The lowest BCUT2D eigenvalue weighted by molar-refractivity contribution is -0.136. The van der Waals surface area contributed by atoms with Gasteiger partial charge in [-0.2, -0.15) is 0 Å². The van der Waals surface area contributed by atoms with Crippen LogP contribution in [-0.4, -0.2) is 110 Å². The molecular formula is C53H78N8O8Si. The number of methoxy groups -OCH3 is 2. The summed E-state index contributed by atoms with van der Waals surface area (Å²) in [4.78, 5) is 70.9. The third kappa shape index (κ3) is 14.8. The highest BCUT2D eigenvalue weighted by atomic mass is 28.4. The summed E-state index contributed by atoms with van der Waals surface area (Å²) in [7, 11) is 0.570. The summed E-state index contributed by atoms with van der Waals surface area (Å²) in [6.07, 6.45) is 14.3. The van der Waals surface area contributed by atoms with Crippen molar-refractivity contribution >= 4 is 32.3 Å². The molecule has 5 N–H and O–H groups in total. The molecule has 0 aliphatic carbocycles. The second-order valence-electron chi connectivity index (χ2n) is 19.1. The Kier molecular flexibility index (Phi) is 20.9. The van der Waals surface area contributed by atoms with Gasteiger partial charge in [0.05, 0.1) is 50.1 Å². The molecule has 0 unspecified atom stereocenters. The molecule has 2 aliphatic heterocycles. The lowest BCUT2D eigenvalue weighted by atomic mass is 10.0. The minimum Gasteiger partial charge on any atom is -0.453 e. The van der Waals surface area contributed by atoms with Crippen molar-refractivity contribution in [3.05, 3.63) is 72.6 Å². The minimum absolute atomic E-state index is 0.146. The van der Waals surface area contributed by atoms with Gasteiger partial charge < -0.3 is 49.5 Å². The molecule has 0 spiro atoms. The fourth-order valence-corrected chi connectivity index (χ4v) is 14.5. The third-order valence-electron chi connectivity index (χ3n) is 13.9. The van der Waals surface area contributed by atoms with Crippen LogP contribution in [0.2, 0.25) is 18.1 Å². The highest BCUT2D eigenvalue weighted by Gasteiger charge is 2.40. The first-order valence-corrected chi connectivity index (χ1v) is 28.4. The molecule has 70 heavy (non-hydrogen) atoms. The number of unbranched alkanes of at least 4 members (excludes halogenated alkanes) is 3. The highest BCUT2D eigenvalue weighted by molar-refractivity contribution is 6.73. The molecule has 0 radical (unpaired) electrons. The molecule has 382 valence electrons. The number of carbonyl (C=O) groups is 4. The van der Waals surface area contributed by atoms with Gasteiger partial charge in [0.25, 0.3) is 0 Å². The van der Waals surface area contributed by atoms with Crippen molar-refractivity contribution in [1.82, 2.24) is 40.8 Å². The van der Waals surface area contributed by atoms with Gasteiger partial charge >= 0.3 is 12.2 Å². The molecule has 2 aliphatic rings. The van der Waals surface area contributed by atoms with E-state index in [4.69, 9.17) is 23.6 Å². The van der Waals surface area contributed by atoms with Crippen LogP contribution in [0, 0.1) is 5.92 Å². The first-order valence-electron chi connectivity index (χ1n) is 25.8. The van der Waals surface area contributed by atoms with Gasteiger partial charge in [0.15, 0.2) is 8.32 Å². The van der Waals surface area contributed by atoms with E-state index in [2.05, 4.69) is 88.1 Å². The van der Waals surface area contributed by atoms with Crippen molar-refractivity contribution in [1.29, 1.82) is 0 Å². The number of likely N-dealkylation sites (tertiary alicyclic amines) is 1. The number of alkyl carbamates (subject to hydrolysis) is 2. The maximum Gasteiger partial charge on any atom is 0.407 e. The van der Waals surface area contributed by atoms with Crippen molar-refractivity contribution in [2.45, 2.75) is 153 Å². The SMILES string of the molecule is CCCC[Si](CCCC)(CCCC)OC[C@@H](C)[C@H](NC(=O)OC)C(=O)N1CCC[C@H]1c1ncc(-c2ccc(-c3ccc(-c4cnc([C@@H]5CCOCCCCC[C@H](NC(=O)OC)C(=O)N5)[nH]4)cc3)cc2)[nH]1. The quantitative estimate of drug-likeness (QED) is 0.0500. The van der Waals surface area contributed by atoms with E-state index in [0.29, 0.717) is 45.0 Å². The van der Waals surface area contributed by atoms with Crippen molar-refractivity contribution in [2.24, 2.45) is 5.92 Å². The number of benzene rings is 2. The van der Waals surface area contributed by atoms with Gasteiger partial charge in [0.2, 0.25) is 11.8 Å². The van der Waals surface area contributed by atoms with Gasteiger partial charge in [-0.05, 0) is 72.5 Å². The number of carbonyl (C=O) groups excluding carboxylic acids is 4. The van der Waals surface area contributed by atoms with Crippen LogP contribution in [0.5, 0.6) is 0 Å². The lowest BCUT2D eigenvalue weighted by Crippen LogP contribution is -2.53. The van der Waals surface area contributed by atoms with Crippen LogP contribution in [0.25, 0.3) is 33.6 Å². The zero-order valence-electron chi connectivity index (χ0n) is 42.4. The number of nitrogens with one attached hydrogen (secondary N) is 5. The van der Waals surface area contributed by atoms with Gasteiger partial charge in [-0.15, -0.1) is 0 Å². The van der Waals surface area contributed by atoms with Crippen LogP contribution in [0.3, 0.4) is 0 Å². The lowest BCUT2D eigenvalue weighted by Gasteiger charge is -2.35. The Balaban J connectivity index is 1.11. The van der Waals surface area contributed by atoms with Gasteiger partial charge in [-0.1, -0.05) is 128 Å². The number of hydrogen-bond donors (Lipinski definition) is 5. The maximum absolute atomic E-state index is 14.5. The van der Waals surface area contributed by atoms with Gasteiger partial charge in [0, 0.05) is 32.3 Å². The zero-order chi connectivity index (χ0) is 49.9. The monoisotopic (exact) mass is 983 g/mol. The third-order valence-corrected chi connectivity index (χ3v) is 18.5. The summed E-state index contributed by atoms with van der Waals surface area (Å²) in [6, 6.07) is 17.7. The average molecular weight is 983 g/mol. The first kappa shape index (κ1) is 53.8. The Bertz CT molecular complexity index is 2230. The molecular weight excluding hydrogens is 905 g/mol. The van der Waals surface area contributed by atoms with Gasteiger partial charge in [-0.25, -0.2) is 19.6 Å². The molecule has 2 aromatic heterocycles. The summed E-state index contributed by atoms with van der Waals surface area (Å²) in [5, 5.41) is 8.65. The summed E-state index contributed by atoms with van der Waals surface area (Å²) in [5.41, 5.74) is 5.65. The predicted octanol–water partition coefficient (Wildman–Crippen LogP) is 10.4. The Hall–Kier alpha value is -5.52. The van der Waals surface area contributed by atoms with Crippen LogP contribution in [-0.2, 0) is 28.2 Å². The predicted molar refractivity (Wildman–Crippen MR) is 274 cm³/mol. The van der Waals surface area contributed by atoms with E-state index in [1.54, 1.807) is 6.20 Å². The number of aromatic nitrogens is 4. The fraction of sp³-hybridized carbons (Fsp3) is 0.585. The fourth-order valence-electron chi connectivity index (χ4n) is 9.67. The Morgan fingerprint density at radius 1 is 0.743 bits per heavy atom. The second kappa shape index (κ2) is 27.2. The van der Waals surface area contributed by atoms with E-state index in [0.717, 1.165) is 128 Å².